The summed E-state index contributed by atoms with van der Waals surface area (Å²) in [6.07, 6.45) is 0. The summed E-state index contributed by atoms with van der Waals surface area (Å²) >= 11 is 0. The van der Waals surface area contributed by atoms with Crippen molar-refractivity contribution in [2.45, 2.75) is 19.3 Å². The Kier molecular flexibility index (Phi) is 9.24. The zero-order chi connectivity index (χ0) is 39.8. The topological polar surface area (TPSA) is 6.48 Å². The van der Waals surface area contributed by atoms with Gasteiger partial charge in [0.25, 0.3) is 0 Å². The van der Waals surface area contributed by atoms with E-state index >= 15 is 0 Å². The zero-order valence-corrected chi connectivity index (χ0v) is 33.3. The lowest BCUT2D eigenvalue weighted by molar-refractivity contribution is 0.632. The van der Waals surface area contributed by atoms with E-state index in [1.54, 1.807) is 0 Å². The van der Waals surface area contributed by atoms with Crippen molar-refractivity contribution < 1.29 is 0 Å². The van der Waals surface area contributed by atoms with Gasteiger partial charge in [0.2, 0.25) is 0 Å². The Hall–Kier alpha value is -7.42. The van der Waals surface area contributed by atoms with Gasteiger partial charge in [-0.25, -0.2) is 0 Å². The molecule has 1 heterocycles. The van der Waals surface area contributed by atoms with E-state index in [0.29, 0.717) is 0 Å². The van der Waals surface area contributed by atoms with Crippen molar-refractivity contribution >= 4 is 34.1 Å². The third kappa shape index (κ3) is 6.69. The molecule has 0 N–H and O–H groups in total. The summed E-state index contributed by atoms with van der Waals surface area (Å²) in [6, 6.07) is 83.5. The van der Waals surface area contributed by atoms with E-state index in [1.165, 1.54) is 67.0 Å². The lowest BCUT2D eigenvalue weighted by Crippen LogP contribution is -2.30. The normalized spacial score (nSPS) is 12.7. The van der Waals surface area contributed by atoms with Gasteiger partial charge in [0.1, 0.15) is 0 Å². The van der Waals surface area contributed by atoms with Crippen molar-refractivity contribution in [1.82, 2.24) is 0 Å². The molecule has 0 aromatic heterocycles. The third-order valence-electron chi connectivity index (χ3n) is 11.9. The number of para-hydroxylation sites is 2. The first-order valence-corrected chi connectivity index (χ1v) is 20.4. The van der Waals surface area contributed by atoms with Crippen LogP contribution in [0.2, 0.25) is 0 Å². The van der Waals surface area contributed by atoms with Gasteiger partial charge in [0.05, 0.1) is 11.4 Å². The van der Waals surface area contributed by atoms with E-state index in [9.17, 15) is 0 Å². The van der Waals surface area contributed by atoms with Crippen LogP contribution in [-0.4, -0.2) is 0 Å². The Morgan fingerprint density at radius 3 is 1.31 bits per heavy atom. The maximum absolute atomic E-state index is 2.43. The number of nitrogens with zero attached hydrogens (tertiary/aromatic N) is 2. The highest BCUT2D eigenvalue weighted by Crippen LogP contribution is 2.52. The number of anilines is 6. The van der Waals surface area contributed by atoms with Gasteiger partial charge in [-0.2, -0.15) is 0 Å². The van der Waals surface area contributed by atoms with E-state index in [-0.39, 0.29) is 5.41 Å². The molecule has 282 valence electrons. The molecule has 0 saturated heterocycles. The summed E-state index contributed by atoms with van der Waals surface area (Å²) in [5.74, 6) is 0. The predicted molar refractivity (Wildman–Crippen MR) is 250 cm³/mol. The lowest BCUT2D eigenvalue weighted by Gasteiger charge is -2.42. The maximum atomic E-state index is 2.43. The zero-order valence-electron chi connectivity index (χ0n) is 33.3. The van der Waals surface area contributed by atoms with Crippen molar-refractivity contribution in [2.24, 2.45) is 0 Å². The standard InChI is InChI=1S/C57H44N2/c1-57(2)53-25-12-14-27-55(53)59(56-28-15-13-26-54(56)57)49-24-16-23-46(39-49)43-31-35-48(36-32-43)58(47-33-29-42(30-34-47)41-17-6-3-7-18-41)50-37-38-51(44-19-8-4-9-20-44)52(40-50)45-21-10-5-11-22-45/h3-40H,1-2H3. The molecule has 0 atom stereocenters. The number of rotatable bonds is 8. The van der Waals surface area contributed by atoms with Crippen LogP contribution in [0.4, 0.5) is 34.1 Å². The van der Waals surface area contributed by atoms with Crippen LogP contribution in [-0.2, 0) is 5.41 Å². The fourth-order valence-electron chi connectivity index (χ4n) is 8.85. The van der Waals surface area contributed by atoms with Crippen molar-refractivity contribution in [3.8, 4) is 44.5 Å². The lowest BCUT2D eigenvalue weighted by atomic mass is 9.73. The van der Waals surface area contributed by atoms with Crippen LogP contribution < -0.4 is 9.80 Å². The fraction of sp³-hybridized carbons (Fsp3) is 0.0526. The predicted octanol–water partition coefficient (Wildman–Crippen LogP) is 15.9. The first kappa shape index (κ1) is 36.0. The van der Waals surface area contributed by atoms with Crippen molar-refractivity contribution in [3.05, 3.63) is 242 Å². The van der Waals surface area contributed by atoms with Crippen LogP contribution in [0.5, 0.6) is 0 Å². The molecule has 0 saturated carbocycles. The minimum absolute atomic E-state index is 0.103. The molecule has 9 aromatic carbocycles. The molecule has 9 aromatic rings. The van der Waals surface area contributed by atoms with Crippen LogP contribution in [0, 0.1) is 0 Å². The van der Waals surface area contributed by atoms with Crippen LogP contribution in [0.25, 0.3) is 44.5 Å². The van der Waals surface area contributed by atoms with E-state index in [1.807, 2.05) is 0 Å². The second-order valence-electron chi connectivity index (χ2n) is 15.8. The Balaban J connectivity index is 1.06. The third-order valence-corrected chi connectivity index (χ3v) is 11.9. The monoisotopic (exact) mass is 756 g/mol. The first-order valence-electron chi connectivity index (χ1n) is 20.4. The highest BCUT2D eigenvalue weighted by molar-refractivity contribution is 5.90. The number of hydrogen-bond acceptors (Lipinski definition) is 2. The molecule has 0 radical (unpaired) electrons. The van der Waals surface area contributed by atoms with Crippen molar-refractivity contribution in [3.63, 3.8) is 0 Å². The average Bonchev–Trinajstić information content (AvgIpc) is 3.31. The summed E-state index contributed by atoms with van der Waals surface area (Å²) in [5.41, 5.74) is 19.0. The van der Waals surface area contributed by atoms with E-state index < -0.39 is 0 Å². The molecule has 0 amide bonds. The smallest absolute Gasteiger partial charge is 0.0502 e. The van der Waals surface area contributed by atoms with Crippen molar-refractivity contribution in [2.75, 3.05) is 9.80 Å². The highest BCUT2D eigenvalue weighted by atomic mass is 15.2. The maximum Gasteiger partial charge on any atom is 0.0502 e. The van der Waals surface area contributed by atoms with Crippen LogP contribution in [0.1, 0.15) is 25.0 Å². The van der Waals surface area contributed by atoms with E-state index in [4.69, 9.17) is 0 Å². The van der Waals surface area contributed by atoms with Gasteiger partial charge in [-0.15, -0.1) is 0 Å². The van der Waals surface area contributed by atoms with Gasteiger partial charge < -0.3 is 9.80 Å². The summed E-state index contributed by atoms with van der Waals surface area (Å²) in [5, 5.41) is 0. The quantitative estimate of drug-likeness (QED) is 0.152. The molecule has 0 unspecified atom stereocenters. The molecule has 2 heteroatoms. The molecule has 2 nitrogen and oxygen atoms in total. The van der Waals surface area contributed by atoms with Crippen molar-refractivity contribution in [1.29, 1.82) is 0 Å². The fourth-order valence-corrected chi connectivity index (χ4v) is 8.85. The minimum atomic E-state index is -0.103. The second kappa shape index (κ2) is 15.2. The van der Waals surface area contributed by atoms with Gasteiger partial charge in [0, 0.05) is 28.2 Å². The van der Waals surface area contributed by atoms with Gasteiger partial charge in [-0.1, -0.05) is 184 Å². The minimum Gasteiger partial charge on any atom is -0.310 e. The highest BCUT2D eigenvalue weighted by Gasteiger charge is 2.36. The first-order chi connectivity index (χ1) is 29.0. The molecule has 1 aliphatic heterocycles. The summed E-state index contributed by atoms with van der Waals surface area (Å²) < 4.78 is 0. The van der Waals surface area contributed by atoms with Gasteiger partial charge >= 0.3 is 0 Å². The van der Waals surface area contributed by atoms with E-state index in [2.05, 4.69) is 254 Å². The largest absolute Gasteiger partial charge is 0.310 e. The molecular weight excluding hydrogens is 713 g/mol. The molecule has 0 spiro atoms. The molecule has 0 bridgehead atoms. The summed E-state index contributed by atoms with van der Waals surface area (Å²) in [6.45, 7) is 4.67. The van der Waals surface area contributed by atoms with Gasteiger partial charge in [-0.05, 0) is 116 Å². The SMILES string of the molecule is CC1(C)c2ccccc2N(c2cccc(-c3ccc(N(c4ccc(-c5ccccc5)cc4)c4ccc(-c5ccccc5)c(-c5ccccc5)c4)cc3)c2)c2ccccc21. The summed E-state index contributed by atoms with van der Waals surface area (Å²) in [4.78, 5) is 4.80. The van der Waals surface area contributed by atoms with Crippen LogP contribution >= 0.6 is 0 Å². The molecule has 1 aliphatic rings. The molecule has 0 aliphatic carbocycles. The Morgan fingerprint density at radius 2 is 0.746 bits per heavy atom. The molecule has 59 heavy (non-hydrogen) atoms. The molecule has 0 fully saturated rings. The number of hydrogen-bond donors (Lipinski definition) is 0. The van der Waals surface area contributed by atoms with E-state index in [0.717, 1.165) is 22.7 Å². The Labute approximate surface area is 347 Å². The molecule has 10 rings (SSSR count). The molecular formula is C57H44N2. The number of benzene rings is 9. The average molecular weight is 757 g/mol. The summed E-state index contributed by atoms with van der Waals surface area (Å²) in [7, 11) is 0. The number of fused-ring (bicyclic) bond motifs is 2. The van der Waals surface area contributed by atoms with Crippen LogP contribution in [0.15, 0.2) is 231 Å². The second-order valence-corrected chi connectivity index (χ2v) is 15.8. The van der Waals surface area contributed by atoms with Gasteiger partial charge in [0.15, 0.2) is 0 Å². The Bertz CT molecular complexity index is 2830. The van der Waals surface area contributed by atoms with Crippen LogP contribution in [0.3, 0.4) is 0 Å². The van der Waals surface area contributed by atoms with Gasteiger partial charge in [-0.3, -0.25) is 0 Å². The Morgan fingerprint density at radius 1 is 0.322 bits per heavy atom.